The minimum atomic E-state index is -4.47. The average molecular weight is 252 g/mol. The number of allylic oxidation sites excluding steroid dienone is 1. The van der Waals surface area contributed by atoms with Crippen molar-refractivity contribution in [2.75, 3.05) is 13.2 Å². The summed E-state index contributed by atoms with van der Waals surface area (Å²) >= 11 is 0. The van der Waals surface area contributed by atoms with Gasteiger partial charge in [0.2, 0.25) is 0 Å². The summed E-state index contributed by atoms with van der Waals surface area (Å²) in [6, 6.07) is 0. The van der Waals surface area contributed by atoms with Gasteiger partial charge >= 0.3 is 13.8 Å². The van der Waals surface area contributed by atoms with Gasteiger partial charge in [-0.25, -0.2) is 9.36 Å². The molecule has 0 rings (SSSR count). The van der Waals surface area contributed by atoms with Crippen LogP contribution in [0.5, 0.6) is 0 Å². The number of hydrogen-bond acceptors (Lipinski definition) is 4. The lowest BCUT2D eigenvalue weighted by atomic mass is 10.2. The Morgan fingerprint density at radius 3 is 2.50 bits per heavy atom. The van der Waals surface area contributed by atoms with Crippen molar-refractivity contribution in [2.45, 2.75) is 26.7 Å². The molecule has 0 aliphatic carbocycles. The van der Waals surface area contributed by atoms with Crippen molar-refractivity contribution in [3.63, 3.8) is 0 Å². The van der Waals surface area contributed by atoms with E-state index in [1.807, 2.05) is 6.92 Å². The van der Waals surface area contributed by atoms with Gasteiger partial charge in [0.25, 0.3) is 0 Å². The van der Waals surface area contributed by atoms with Crippen molar-refractivity contribution < 1.29 is 28.4 Å². The standard InChI is InChI=1S/C9H17O6P/c1-3-4-5-8(2)9(10)14-6-7-15-16(11,12)13/h5H,3-4,6-7H2,1-2H3,(H2,11,12,13). The Hall–Kier alpha value is -0.680. The zero-order chi connectivity index (χ0) is 12.6. The Balaban J connectivity index is 3.78. The number of hydrogen-bond donors (Lipinski definition) is 2. The third-order valence-corrected chi connectivity index (χ3v) is 2.16. The van der Waals surface area contributed by atoms with Crippen LogP contribution >= 0.6 is 7.82 Å². The van der Waals surface area contributed by atoms with Gasteiger partial charge in [0.1, 0.15) is 6.61 Å². The number of carbonyl (C=O) groups excluding carboxylic acids is 1. The van der Waals surface area contributed by atoms with Gasteiger partial charge in [-0.1, -0.05) is 19.4 Å². The Kier molecular flexibility index (Phi) is 7.25. The largest absolute Gasteiger partial charge is 0.469 e. The predicted octanol–water partition coefficient (Wildman–Crippen LogP) is 1.39. The monoisotopic (exact) mass is 252 g/mol. The molecule has 0 bridgehead atoms. The summed E-state index contributed by atoms with van der Waals surface area (Å²) in [6.45, 7) is 3.11. The number of unbranched alkanes of at least 4 members (excludes halogenated alkanes) is 1. The number of carbonyl (C=O) groups is 1. The van der Waals surface area contributed by atoms with Crippen molar-refractivity contribution >= 4 is 13.8 Å². The summed E-state index contributed by atoms with van der Waals surface area (Å²) in [5.74, 6) is -0.497. The molecule has 6 nitrogen and oxygen atoms in total. The first-order valence-corrected chi connectivity index (χ1v) is 6.44. The maximum atomic E-state index is 11.2. The first-order chi connectivity index (χ1) is 7.37. The molecule has 0 fully saturated rings. The molecule has 0 spiro atoms. The van der Waals surface area contributed by atoms with E-state index in [-0.39, 0.29) is 13.2 Å². The molecule has 0 radical (unpaired) electrons. The molecule has 0 unspecified atom stereocenters. The number of esters is 1. The molecule has 0 heterocycles. The van der Waals surface area contributed by atoms with Crippen LogP contribution in [0.4, 0.5) is 0 Å². The zero-order valence-electron chi connectivity index (χ0n) is 9.38. The molecule has 0 aromatic carbocycles. The van der Waals surface area contributed by atoms with Crippen molar-refractivity contribution in [2.24, 2.45) is 0 Å². The first kappa shape index (κ1) is 15.3. The molecule has 0 aromatic rings. The van der Waals surface area contributed by atoms with Crippen LogP contribution in [0.2, 0.25) is 0 Å². The maximum Gasteiger partial charge on any atom is 0.469 e. The van der Waals surface area contributed by atoms with Gasteiger partial charge in [-0.05, 0) is 13.3 Å². The third kappa shape index (κ3) is 8.61. The van der Waals surface area contributed by atoms with Crippen LogP contribution < -0.4 is 0 Å². The molecule has 2 N–H and O–H groups in total. The van der Waals surface area contributed by atoms with Crippen LogP contribution in [-0.4, -0.2) is 29.0 Å². The van der Waals surface area contributed by atoms with E-state index in [1.54, 1.807) is 13.0 Å². The van der Waals surface area contributed by atoms with E-state index in [4.69, 9.17) is 14.5 Å². The second-order valence-electron chi connectivity index (χ2n) is 3.14. The number of rotatable bonds is 7. The molecule has 94 valence electrons. The lowest BCUT2D eigenvalue weighted by molar-refractivity contribution is -0.139. The second kappa shape index (κ2) is 7.57. The van der Waals surface area contributed by atoms with Gasteiger partial charge in [-0.2, -0.15) is 0 Å². The fourth-order valence-electron chi connectivity index (χ4n) is 0.849. The van der Waals surface area contributed by atoms with Gasteiger partial charge in [0, 0.05) is 5.57 Å². The van der Waals surface area contributed by atoms with Crippen molar-refractivity contribution in [3.8, 4) is 0 Å². The molecule has 0 saturated heterocycles. The summed E-state index contributed by atoms with van der Waals surface area (Å²) in [4.78, 5) is 27.9. The predicted molar refractivity (Wildman–Crippen MR) is 57.6 cm³/mol. The van der Waals surface area contributed by atoms with Gasteiger partial charge in [-0.3, -0.25) is 4.52 Å². The van der Waals surface area contributed by atoms with E-state index in [2.05, 4.69) is 4.52 Å². The maximum absolute atomic E-state index is 11.2. The Bertz CT molecular complexity index is 292. The molecule has 0 aromatic heterocycles. The highest BCUT2D eigenvalue weighted by Crippen LogP contribution is 2.35. The zero-order valence-corrected chi connectivity index (χ0v) is 10.3. The molecule has 0 aliphatic rings. The summed E-state index contributed by atoms with van der Waals surface area (Å²) in [7, 11) is -4.47. The molecule has 7 heteroatoms. The van der Waals surface area contributed by atoms with Crippen molar-refractivity contribution in [1.29, 1.82) is 0 Å². The molecule has 0 saturated carbocycles. The van der Waals surface area contributed by atoms with Crippen LogP contribution in [-0.2, 0) is 18.6 Å². The minimum Gasteiger partial charge on any atom is -0.460 e. The number of phosphoric ester groups is 1. The third-order valence-electron chi connectivity index (χ3n) is 1.64. The normalized spacial score (nSPS) is 12.6. The van der Waals surface area contributed by atoms with Gasteiger partial charge < -0.3 is 14.5 Å². The smallest absolute Gasteiger partial charge is 0.460 e. The van der Waals surface area contributed by atoms with Crippen molar-refractivity contribution in [3.05, 3.63) is 11.6 Å². The highest BCUT2D eigenvalue weighted by molar-refractivity contribution is 7.46. The van der Waals surface area contributed by atoms with E-state index < -0.39 is 13.8 Å². The second-order valence-corrected chi connectivity index (χ2v) is 4.37. The van der Waals surface area contributed by atoms with Crippen LogP contribution in [0.1, 0.15) is 26.7 Å². The van der Waals surface area contributed by atoms with Crippen LogP contribution in [0.3, 0.4) is 0 Å². The van der Waals surface area contributed by atoms with E-state index in [0.717, 1.165) is 12.8 Å². The lowest BCUT2D eigenvalue weighted by Crippen LogP contribution is -2.10. The van der Waals surface area contributed by atoms with E-state index in [0.29, 0.717) is 5.57 Å². The van der Waals surface area contributed by atoms with E-state index in [9.17, 15) is 9.36 Å². The molecule has 0 aliphatic heterocycles. The van der Waals surface area contributed by atoms with Crippen LogP contribution in [0.15, 0.2) is 11.6 Å². The van der Waals surface area contributed by atoms with E-state index in [1.165, 1.54) is 0 Å². The molecular weight excluding hydrogens is 235 g/mol. The molecule has 0 atom stereocenters. The molecule has 16 heavy (non-hydrogen) atoms. The SMILES string of the molecule is CCCC=C(C)C(=O)OCCOP(=O)(O)O. The minimum absolute atomic E-state index is 0.179. The van der Waals surface area contributed by atoms with Gasteiger partial charge in [0.05, 0.1) is 6.61 Å². The highest BCUT2D eigenvalue weighted by atomic mass is 31.2. The lowest BCUT2D eigenvalue weighted by Gasteiger charge is -2.06. The fraction of sp³-hybridized carbons (Fsp3) is 0.667. The summed E-state index contributed by atoms with van der Waals surface area (Å²) in [5, 5.41) is 0. The van der Waals surface area contributed by atoms with Gasteiger partial charge in [0.15, 0.2) is 0 Å². The fourth-order valence-corrected chi connectivity index (χ4v) is 1.16. The average Bonchev–Trinajstić information content (AvgIpc) is 2.19. The van der Waals surface area contributed by atoms with Gasteiger partial charge in [-0.15, -0.1) is 0 Å². The van der Waals surface area contributed by atoms with Crippen LogP contribution in [0, 0.1) is 0 Å². The number of ether oxygens (including phenoxy) is 1. The molecular formula is C9H17O6P. The quantitative estimate of drug-likeness (QED) is 0.308. The molecule has 0 amide bonds. The number of phosphoric acid groups is 1. The first-order valence-electron chi connectivity index (χ1n) is 4.90. The summed E-state index contributed by atoms with van der Waals surface area (Å²) < 4.78 is 19.1. The highest BCUT2D eigenvalue weighted by Gasteiger charge is 2.13. The Morgan fingerprint density at radius 2 is 2.00 bits per heavy atom. The summed E-state index contributed by atoms with van der Waals surface area (Å²) in [5.41, 5.74) is 0.484. The van der Waals surface area contributed by atoms with Crippen LogP contribution in [0.25, 0.3) is 0 Å². The Morgan fingerprint density at radius 1 is 1.38 bits per heavy atom. The Labute approximate surface area is 94.5 Å². The van der Waals surface area contributed by atoms with Crippen molar-refractivity contribution in [1.82, 2.24) is 0 Å². The van der Waals surface area contributed by atoms with E-state index >= 15 is 0 Å². The summed E-state index contributed by atoms with van der Waals surface area (Å²) in [6.07, 6.45) is 3.48. The topological polar surface area (TPSA) is 93.1 Å².